The number of likely N-dealkylation sites (N-methyl/N-ethyl adjacent to an activating group) is 1. The Kier molecular flexibility index (Phi) is 9.42. The minimum absolute atomic E-state index is 0.529. The van der Waals surface area contributed by atoms with Gasteiger partial charge in [0.25, 0.3) is 0 Å². The van der Waals surface area contributed by atoms with Crippen LogP contribution in [-0.2, 0) is 4.74 Å². The van der Waals surface area contributed by atoms with Crippen LogP contribution >= 0.6 is 0 Å². The maximum absolute atomic E-state index is 5.65. The van der Waals surface area contributed by atoms with E-state index >= 15 is 0 Å². The van der Waals surface area contributed by atoms with Crippen molar-refractivity contribution in [2.24, 2.45) is 5.92 Å². The molecule has 86 valence electrons. The second-order valence-corrected chi connectivity index (χ2v) is 3.98. The molecule has 0 amide bonds. The molecular formula is C12H27NO. The quantitative estimate of drug-likeness (QED) is 0.579. The van der Waals surface area contributed by atoms with Crippen LogP contribution in [0, 0.1) is 5.92 Å². The van der Waals surface area contributed by atoms with Crippen molar-refractivity contribution in [1.82, 2.24) is 5.32 Å². The predicted octanol–water partition coefficient (Wildman–Crippen LogP) is 2.83. The van der Waals surface area contributed by atoms with Gasteiger partial charge in [0.05, 0.1) is 6.61 Å². The van der Waals surface area contributed by atoms with Gasteiger partial charge in [0.1, 0.15) is 0 Å². The van der Waals surface area contributed by atoms with Gasteiger partial charge in [-0.3, -0.25) is 0 Å². The van der Waals surface area contributed by atoms with Gasteiger partial charge >= 0.3 is 0 Å². The van der Waals surface area contributed by atoms with Gasteiger partial charge in [-0.05, 0) is 18.9 Å². The molecule has 0 aromatic carbocycles. The number of unbranched alkanes of at least 4 members (excludes halogenated alkanes) is 1. The third kappa shape index (κ3) is 6.39. The standard InChI is InChI=1S/C12H27NO/c1-5-8-9-14-10-12(13-7-3)11(4)6-2/h11-13H,5-10H2,1-4H3. The highest BCUT2D eigenvalue weighted by atomic mass is 16.5. The maximum Gasteiger partial charge on any atom is 0.0622 e. The summed E-state index contributed by atoms with van der Waals surface area (Å²) >= 11 is 0. The van der Waals surface area contributed by atoms with E-state index in [9.17, 15) is 0 Å². The third-order valence-corrected chi connectivity index (χ3v) is 2.74. The summed E-state index contributed by atoms with van der Waals surface area (Å²) < 4.78 is 5.65. The molecule has 0 aliphatic carbocycles. The highest BCUT2D eigenvalue weighted by Crippen LogP contribution is 2.08. The van der Waals surface area contributed by atoms with Crippen molar-refractivity contribution >= 4 is 0 Å². The molecule has 0 aromatic rings. The van der Waals surface area contributed by atoms with Crippen LogP contribution in [0.2, 0.25) is 0 Å². The Morgan fingerprint density at radius 1 is 1.21 bits per heavy atom. The van der Waals surface area contributed by atoms with Crippen LogP contribution < -0.4 is 5.32 Å². The highest BCUT2D eigenvalue weighted by Gasteiger charge is 2.13. The first-order valence-electron chi connectivity index (χ1n) is 6.07. The fourth-order valence-electron chi connectivity index (χ4n) is 1.43. The Balaban J connectivity index is 3.61. The van der Waals surface area contributed by atoms with Gasteiger partial charge in [-0.25, -0.2) is 0 Å². The lowest BCUT2D eigenvalue weighted by atomic mass is 10.00. The summed E-state index contributed by atoms with van der Waals surface area (Å²) in [6.45, 7) is 11.7. The van der Waals surface area contributed by atoms with Gasteiger partial charge in [0.2, 0.25) is 0 Å². The van der Waals surface area contributed by atoms with Crippen molar-refractivity contribution in [3.05, 3.63) is 0 Å². The topological polar surface area (TPSA) is 21.3 Å². The number of nitrogens with one attached hydrogen (secondary N) is 1. The molecule has 2 atom stereocenters. The predicted molar refractivity (Wildman–Crippen MR) is 62.6 cm³/mol. The first-order chi connectivity index (χ1) is 6.76. The van der Waals surface area contributed by atoms with Crippen LogP contribution in [-0.4, -0.2) is 25.8 Å². The normalized spacial score (nSPS) is 15.4. The SMILES string of the molecule is CCCCOCC(NCC)C(C)CC. The molecule has 1 N–H and O–H groups in total. The molecule has 0 saturated carbocycles. The summed E-state index contributed by atoms with van der Waals surface area (Å²) in [5.74, 6) is 0.705. The molecule has 0 saturated heterocycles. The largest absolute Gasteiger partial charge is 0.380 e. The van der Waals surface area contributed by atoms with Gasteiger partial charge < -0.3 is 10.1 Å². The fourth-order valence-corrected chi connectivity index (χ4v) is 1.43. The van der Waals surface area contributed by atoms with E-state index in [1.165, 1.54) is 19.3 Å². The zero-order valence-electron chi connectivity index (χ0n) is 10.3. The third-order valence-electron chi connectivity index (χ3n) is 2.74. The Labute approximate surface area is 89.4 Å². The fraction of sp³-hybridized carbons (Fsp3) is 1.00. The molecule has 2 nitrogen and oxygen atoms in total. The molecule has 14 heavy (non-hydrogen) atoms. The van der Waals surface area contributed by atoms with Crippen molar-refractivity contribution in [3.63, 3.8) is 0 Å². The average molecular weight is 201 g/mol. The summed E-state index contributed by atoms with van der Waals surface area (Å²) in [7, 11) is 0. The summed E-state index contributed by atoms with van der Waals surface area (Å²) in [5.41, 5.74) is 0. The van der Waals surface area contributed by atoms with Gasteiger partial charge in [0.15, 0.2) is 0 Å². The molecular weight excluding hydrogens is 174 g/mol. The first kappa shape index (κ1) is 13.9. The van der Waals surface area contributed by atoms with Crippen molar-refractivity contribution < 1.29 is 4.74 Å². The number of hydrogen-bond acceptors (Lipinski definition) is 2. The van der Waals surface area contributed by atoms with E-state index in [1.54, 1.807) is 0 Å². The number of rotatable bonds is 9. The molecule has 0 spiro atoms. The summed E-state index contributed by atoms with van der Waals surface area (Å²) in [6.07, 6.45) is 3.61. The molecule has 0 aliphatic heterocycles. The Morgan fingerprint density at radius 3 is 2.43 bits per heavy atom. The number of ether oxygens (including phenoxy) is 1. The van der Waals surface area contributed by atoms with Crippen LogP contribution in [0.3, 0.4) is 0 Å². The Bertz CT molecular complexity index is 117. The van der Waals surface area contributed by atoms with E-state index in [4.69, 9.17) is 4.74 Å². The van der Waals surface area contributed by atoms with E-state index in [0.717, 1.165) is 19.8 Å². The second-order valence-electron chi connectivity index (χ2n) is 3.98. The molecule has 0 heterocycles. The van der Waals surface area contributed by atoms with Crippen molar-refractivity contribution in [1.29, 1.82) is 0 Å². The zero-order valence-corrected chi connectivity index (χ0v) is 10.3. The van der Waals surface area contributed by atoms with Gasteiger partial charge in [-0.15, -0.1) is 0 Å². The van der Waals surface area contributed by atoms with E-state index in [1.807, 2.05) is 0 Å². The molecule has 0 aromatic heterocycles. The summed E-state index contributed by atoms with van der Waals surface area (Å²) in [5, 5.41) is 3.49. The number of hydrogen-bond donors (Lipinski definition) is 1. The monoisotopic (exact) mass is 201 g/mol. The minimum atomic E-state index is 0.529. The van der Waals surface area contributed by atoms with Crippen LogP contribution in [0.5, 0.6) is 0 Å². The summed E-state index contributed by atoms with van der Waals surface area (Å²) in [4.78, 5) is 0. The van der Waals surface area contributed by atoms with E-state index < -0.39 is 0 Å². The van der Waals surface area contributed by atoms with Crippen LogP contribution in [0.15, 0.2) is 0 Å². The van der Waals surface area contributed by atoms with Crippen LogP contribution in [0.1, 0.15) is 47.0 Å². The van der Waals surface area contributed by atoms with Gasteiger partial charge in [0, 0.05) is 12.6 Å². The first-order valence-corrected chi connectivity index (χ1v) is 6.07. The van der Waals surface area contributed by atoms with Crippen molar-refractivity contribution in [2.75, 3.05) is 19.8 Å². The lowest BCUT2D eigenvalue weighted by Crippen LogP contribution is -2.38. The molecule has 0 fully saturated rings. The smallest absolute Gasteiger partial charge is 0.0622 e. The molecule has 2 unspecified atom stereocenters. The zero-order chi connectivity index (χ0) is 10.8. The minimum Gasteiger partial charge on any atom is -0.380 e. The molecule has 0 bridgehead atoms. The van der Waals surface area contributed by atoms with Crippen LogP contribution in [0.25, 0.3) is 0 Å². The molecule has 0 aliphatic rings. The lowest BCUT2D eigenvalue weighted by molar-refractivity contribution is 0.0932. The van der Waals surface area contributed by atoms with Gasteiger partial charge in [-0.1, -0.05) is 40.5 Å². The molecule has 0 radical (unpaired) electrons. The summed E-state index contributed by atoms with van der Waals surface area (Å²) in [6, 6.07) is 0.529. The van der Waals surface area contributed by atoms with Crippen molar-refractivity contribution in [2.45, 2.75) is 53.0 Å². The van der Waals surface area contributed by atoms with Crippen LogP contribution in [0.4, 0.5) is 0 Å². The Hall–Kier alpha value is -0.0800. The Morgan fingerprint density at radius 2 is 1.93 bits per heavy atom. The van der Waals surface area contributed by atoms with E-state index in [0.29, 0.717) is 12.0 Å². The van der Waals surface area contributed by atoms with Gasteiger partial charge in [-0.2, -0.15) is 0 Å². The molecule has 2 heteroatoms. The average Bonchev–Trinajstić information content (AvgIpc) is 2.21. The lowest BCUT2D eigenvalue weighted by Gasteiger charge is -2.23. The van der Waals surface area contributed by atoms with Crippen molar-refractivity contribution in [3.8, 4) is 0 Å². The van der Waals surface area contributed by atoms with E-state index in [-0.39, 0.29) is 0 Å². The molecule has 0 rings (SSSR count). The highest BCUT2D eigenvalue weighted by molar-refractivity contribution is 4.71. The van der Waals surface area contributed by atoms with E-state index in [2.05, 4.69) is 33.0 Å². The maximum atomic E-state index is 5.65. The second kappa shape index (κ2) is 9.47.